The number of hydrogen-bond donors (Lipinski definition) is 2. The normalized spacial score (nSPS) is 18.3. The Balaban J connectivity index is 2.40. The third-order valence-corrected chi connectivity index (χ3v) is 2.24. The minimum atomic E-state index is -0.458. The Labute approximate surface area is 84.8 Å². The van der Waals surface area contributed by atoms with Gasteiger partial charge in [0.1, 0.15) is 0 Å². The number of carbonyl (C=O) groups excluding carboxylic acids is 1. The van der Waals surface area contributed by atoms with Gasteiger partial charge in [-0.05, 0) is 6.92 Å². The first kappa shape index (κ1) is 11.0. The van der Waals surface area contributed by atoms with Crippen molar-refractivity contribution in [1.82, 2.24) is 10.2 Å². The van der Waals surface area contributed by atoms with E-state index in [-0.39, 0.29) is 5.91 Å². The van der Waals surface area contributed by atoms with E-state index >= 15 is 0 Å². The van der Waals surface area contributed by atoms with Gasteiger partial charge in [0.15, 0.2) is 0 Å². The molecule has 78 valence electrons. The van der Waals surface area contributed by atoms with Gasteiger partial charge in [-0.15, -0.1) is 11.8 Å². The maximum atomic E-state index is 11.7. The van der Waals surface area contributed by atoms with Gasteiger partial charge in [-0.2, -0.15) is 0 Å². The van der Waals surface area contributed by atoms with Crippen molar-refractivity contribution in [2.45, 2.75) is 19.4 Å². The zero-order valence-electron chi connectivity index (χ0n) is 8.55. The molecule has 0 spiro atoms. The van der Waals surface area contributed by atoms with Crippen molar-refractivity contribution in [1.29, 1.82) is 0 Å². The fourth-order valence-electron chi connectivity index (χ4n) is 1.42. The Morgan fingerprint density at radius 1 is 1.57 bits per heavy atom. The molecule has 1 fully saturated rings. The number of hydrogen-bond acceptors (Lipinski definition) is 3. The Kier molecular flexibility index (Phi) is 4.44. The van der Waals surface area contributed by atoms with Crippen LogP contribution in [0.4, 0.5) is 0 Å². The van der Waals surface area contributed by atoms with Gasteiger partial charge in [0, 0.05) is 32.6 Å². The first-order valence-corrected chi connectivity index (χ1v) is 4.90. The van der Waals surface area contributed by atoms with Gasteiger partial charge in [-0.25, -0.2) is 0 Å². The Morgan fingerprint density at radius 3 is 2.79 bits per heavy atom. The summed E-state index contributed by atoms with van der Waals surface area (Å²) in [5, 5.41) is 3.19. The number of nitrogens with one attached hydrogen (secondary N) is 1. The average molecular weight is 195 g/mol. The van der Waals surface area contributed by atoms with Crippen LogP contribution in [0, 0.1) is 11.8 Å². The summed E-state index contributed by atoms with van der Waals surface area (Å²) in [5.74, 6) is 5.60. The van der Waals surface area contributed by atoms with Crippen molar-refractivity contribution in [3.8, 4) is 11.8 Å². The van der Waals surface area contributed by atoms with Crippen LogP contribution in [0.1, 0.15) is 13.3 Å². The highest BCUT2D eigenvalue weighted by Crippen LogP contribution is 1.98. The van der Waals surface area contributed by atoms with Crippen LogP contribution in [0.3, 0.4) is 0 Å². The molecule has 1 unspecified atom stereocenters. The van der Waals surface area contributed by atoms with E-state index in [9.17, 15) is 4.79 Å². The van der Waals surface area contributed by atoms with E-state index in [0.717, 1.165) is 26.2 Å². The predicted molar refractivity (Wildman–Crippen MR) is 55.5 cm³/mol. The molecule has 1 aliphatic heterocycles. The Bertz CT molecular complexity index is 248. The van der Waals surface area contributed by atoms with Gasteiger partial charge < -0.3 is 16.0 Å². The van der Waals surface area contributed by atoms with E-state index in [2.05, 4.69) is 17.2 Å². The third-order valence-electron chi connectivity index (χ3n) is 2.24. The van der Waals surface area contributed by atoms with Crippen LogP contribution in [0.15, 0.2) is 0 Å². The third kappa shape index (κ3) is 3.02. The highest BCUT2D eigenvalue weighted by atomic mass is 16.2. The number of amides is 1. The Hall–Kier alpha value is -1.05. The van der Waals surface area contributed by atoms with Gasteiger partial charge in [0.25, 0.3) is 0 Å². The van der Waals surface area contributed by atoms with Crippen LogP contribution >= 0.6 is 0 Å². The van der Waals surface area contributed by atoms with Crippen LogP contribution in [0.5, 0.6) is 0 Å². The second kappa shape index (κ2) is 5.63. The Morgan fingerprint density at radius 2 is 2.21 bits per heavy atom. The highest BCUT2D eigenvalue weighted by Gasteiger charge is 2.21. The summed E-state index contributed by atoms with van der Waals surface area (Å²) in [5.41, 5.74) is 5.72. The summed E-state index contributed by atoms with van der Waals surface area (Å²) in [6, 6.07) is -0.458. The largest absolute Gasteiger partial charge is 0.339 e. The molecular weight excluding hydrogens is 178 g/mol. The first-order valence-electron chi connectivity index (χ1n) is 4.90. The van der Waals surface area contributed by atoms with Gasteiger partial charge in [0.2, 0.25) is 5.91 Å². The van der Waals surface area contributed by atoms with E-state index in [0.29, 0.717) is 6.42 Å². The smallest absolute Gasteiger partial charge is 0.240 e. The van der Waals surface area contributed by atoms with Crippen LogP contribution < -0.4 is 11.1 Å². The molecule has 3 N–H and O–H groups in total. The summed E-state index contributed by atoms with van der Waals surface area (Å²) < 4.78 is 0. The lowest BCUT2D eigenvalue weighted by atomic mass is 10.2. The average Bonchev–Trinajstić information content (AvgIpc) is 2.26. The number of nitrogens with two attached hydrogens (primary N) is 1. The van der Waals surface area contributed by atoms with Crippen molar-refractivity contribution < 1.29 is 4.79 Å². The molecule has 1 saturated heterocycles. The molecule has 0 saturated carbocycles. The molecule has 4 heteroatoms. The molecule has 14 heavy (non-hydrogen) atoms. The minimum Gasteiger partial charge on any atom is -0.339 e. The summed E-state index contributed by atoms with van der Waals surface area (Å²) in [6.07, 6.45) is 0.458. The lowest BCUT2D eigenvalue weighted by Crippen LogP contribution is -2.51. The summed E-state index contributed by atoms with van der Waals surface area (Å²) >= 11 is 0. The minimum absolute atomic E-state index is 0.0225. The molecular formula is C10H17N3O. The maximum Gasteiger partial charge on any atom is 0.240 e. The summed E-state index contributed by atoms with van der Waals surface area (Å²) in [4.78, 5) is 13.5. The highest BCUT2D eigenvalue weighted by molar-refractivity contribution is 5.82. The number of piperazine rings is 1. The molecule has 1 atom stereocenters. The van der Waals surface area contributed by atoms with Gasteiger partial charge in [-0.3, -0.25) is 4.79 Å². The zero-order chi connectivity index (χ0) is 10.4. The molecule has 0 aromatic carbocycles. The zero-order valence-corrected chi connectivity index (χ0v) is 8.55. The number of nitrogens with zero attached hydrogens (tertiary/aromatic N) is 1. The van der Waals surface area contributed by atoms with Crippen LogP contribution in [0.2, 0.25) is 0 Å². The summed E-state index contributed by atoms with van der Waals surface area (Å²) in [7, 11) is 0. The molecule has 1 heterocycles. The fraction of sp³-hybridized carbons (Fsp3) is 0.700. The molecule has 0 aromatic heterocycles. The van der Waals surface area contributed by atoms with Crippen molar-refractivity contribution in [3.05, 3.63) is 0 Å². The van der Waals surface area contributed by atoms with Crippen LogP contribution in [0.25, 0.3) is 0 Å². The molecule has 1 amide bonds. The quantitative estimate of drug-likeness (QED) is 0.565. The van der Waals surface area contributed by atoms with Crippen molar-refractivity contribution in [2.75, 3.05) is 26.2 Å². The molecule has 0 bridgehead atoms. The van der Waals surface area contributed by atoms with Crippen molar-refractivity contribution >= 4 is 5.91 Å². The predicted octanol–water partition coefficient (Wildman–Crippen LogP) is -0.841. The van der Waals surface area contributed by atoms with E-state index in [1.54, 1.807) is 11.8 Å². The SMILES string of the molecule is CC#CCC(N)C(=O)N1CCNCC1. The molecule has 1 aliphatic rings. The second-order valence-corrected chi connectivity index (χ2v) is 3.31. The standard InChI is InChI=1S/C10H17N3O/c1-2-3-4-9(11)10(14)13-7-5-12-6-8-13/h9,12H,4-8,11H2,1H3. The number of rotatable bonds is 2. The summed E-state index contributed by atoms with van der Waals surface area (Å²) in [6.45, 7) is 4.98. The molecule has 0 aliphatic carbocycles. The van der Waals surface area contributed by atoms with Gasteiger partial charge in [0.05, 0.1) is 6.04 Å². The van der Waals surface area contributed by atoms with E-state index < -0.39 is 6.04 Å². The van der Waals surface area contributed by atoms with Crippen LogP contribution in [-0.4, -0.2) is 43.0 Å². The lowest BCUT2D eigenvalue weighted by molar-refractivity contribution is -0.133. The monoisotopic (exact) mass is 195 g/mol. The second-order valence-electron chi connectivity index (χ2n) is 3.31. The van der Waals surface area contributed by atoms with Crippen LogP contribution in [-0.2, 0) is 4.79 Å². The van der Waals surface area contributed by atoms with E-state index in [4.69, 9.17) is 5.73 Å². The fourth-order valence-corrected chi connectivity index (χ4v) is 1.42. The molecule has 1 rings (SSSR count). The lowest BCUT2D eigenvalue weighted by Gasteiger charge is -2.29. The number of carbonyl (C=O) groups is 1. The van der Waals surface area contributed by atoms with E-state index in [1.165, 1.54) is 0 Å². The molecule has 4 nitrogen and oxygen atoms in total. The maximum absolute atomic E-state index is 11.7. The first-order chi connectivity index (χ1) is 6.75. The van der Waals surface area contributed by atoms with Gasteiger partial charge in [-0.1, -0.05) is 0 Å². The van der Waals surface area contributed by atoms with Crippen molar-refractivity contribution in [2.24, 2.45) is 5.73 Å². The molecule has 0 aromatic rings. The van der Waals surface area contributed by atoms with Crippen molar-refractivity contribution in [3.63, 3.8) is 0 Å². The topological polar surface area (TPSA) is 58.4 Å². The van der Waals surface area contributed by atoms with Gasteiger partial charge >= 0.3 is 0 Å². The molecule has 0 radical (unpaired) electrons. The van der Waals surface area contributed by atoms with E-state index in [1.807, 2.05) is 0 Å².